The Labute approximate surface area is 99.0 Å². The number of carbonyl (C=O) groups is 1. The summed E-state index contributed by atoms with van der Waals surface area (Å²) in [6.07, 6.45) is 0. The highest BCUT2D eigenvalue weighted by Gasteiger charge is 2.14. The van der Waals surface area contributed by atoms with Crippen LogP contribution in [-0.2, 0) is 10.0 Å². The van der Waals surface area contributed by atoms with Crippen molar-refractivity contribution in [2.45, 2.75) is 11.8 Å². The van der Waals surface area contributed by atoms with Crippen LogP contribution in [0.15, 0.2) is 23.1 Å². The quantitative estimate of drug-likeness (QED) is 0.677. The monoisotopic (exact) mass is 258 g/mol. The van der Waals surface area contributed by atoms with Gasteiger partial charge >= 0.3 is 0 Å². The van der Waals surface area contributed by atoms with Gasteiger partial charge in [0.1, 0.15) is 0 Å². The van der Waals surface area contributed by atoms with Gasteiger partial charge in [0.05, 0.1) is 17.5 Å². The molecule has 7 heteroatoms. The smallest absolute Gasteiger partial charge is 0.240 e. The van der Waals surface area contributed by atoms with Gasteiger partial charge in [0, 0.05) is 12.1 Å². The van der Waals surface area contributed by atoms with E-state index in [1.165, 1.54) is 12.1 Å². The molecule has 1 aromatic rings. The first-order chi connectivity index (χ1) is 7.88. The molecule has 1 rings (SSSR count). The maximum absolute atomic E-state index is 11.6. The molecule has 0 spiro atoms. The Balaban J connectivity index is 3.16. The summed E-state index contributed by atoms with van der Waals surface area (Å²) in [6, 6.07) is 3.71. The van der Waals surface area contributed by atoms with Crippen molar-refractivity contribution in [1.29, 1.82) is 0 Å². The SMILES string of the molecule is Cc1ccc(S(=O)(=O)NCCO)cc1C(=O)[O-]. The second-order valence-electron chi connectivity index (χ2n) is 3.39. The molecule has 17 heavy (non-hydrogen) atoms. The predicted octanol–water partition coefficient (Wildman–Crippen LogP) is -1.37. The van der Waals surface area contributed by atoms with Crippen LogP contribution in [0.5, 0.6) is 0 Å². The van der Waals surface area contributed by atoms with Gasteiger partial charge in [-0.15, -0.1) is 0 Å². The Kier molecular flexibility index (Phi) is 4.22. The van der Waals surface area contributed by atoms with E-state index < -0.39 is 16.0 Å². The number of carboxylic acids is 1. The molecular formula is C10H12NO5S-. The van der Waals surface area contributed by atoms with Gasteiger partial charge in [-0.2, -0.15) is 0 Å². The first kappa shape index (κ1) is 13.6. The van der Waals surface area contributed by atoms with E-state index in [-0.39, 0.29) is 23.6 Å². The van der Waals surface area contributed by atoms with Crippen LogP contribution in [0.1, 0.15) is 15.9 Å². The lowest BCUT2D eigenvalue weighted by atomic mass is 10.1. The van der Waals surface area contributed by atoms with Crippen LogP contribution in [0.25, 0.3) is 0 Å². The number of benzene rings is 1. The summed E-state index contributed by atoms with van der Waals surface area (Å²) in [6.45, 7) is 1.08. The molecule has 2 N–H and O–H groups in total. The molecule has 0 amide bonds. The molecule has 0 radical (unpaired) electrons. The van der Waals surface area contributed by atoms with Gasteiger partial charge in [-0.05, 0) is 24.6 Å². The minimum absolute atomic E-state index is 0.128. The minimum atomic E-state index is -3.80. The fourth-order valence-corrected chi connectivity index (χ4v) is 2.30. The van der Waals surface area contributed by atoms with Crippen molar-refractivity contribution in [3.63, 3.8) is 0 Å². The van der Waals surface area contributed by atoms with E-state index >= 15 is 0 Å². The van der Waals surface area contributed by atoms with Gasteiger partial charge in [-0.25, -0.2) is 13.1 Å². The van der Waals surface area contributed by atoms with Gasteiger partial charge in [-0.3, -0.25) is 0 Å². The molecule has 6 nitrogen and oxygen atoms in total. The normalized spacial score (nSPS) is 11.4. The van der Waals surface area contributed by atoms with Gasteiger partial charge in [0.2, 0.25) is 10.0 Å². The van der Waals surface area contributed by atoms with Crippen molar-refractivity contribution in [1.82, 2.24) is 4.72 Å². The number of rotatable bonds is 5. The van der Waals surface area contributed by atoms with Gasteiger partial charge < -0.3 is 15.0 Å². The second kappa shape index (κ2) is 5.26. The summed E-state index contributed by atoms with van der Waals surface area (Å²) >= 11 is 0. The summed E-state index contributed by atoms with van der Waals surface area (Å²) in [7, 11) is -3.80. The predicted molar refractivity (Wildman–Crippen MR) is 57.8 cm³/mol. The number of aryl methyl sites for hydroxylation is 1. The number of nitrogens with one attached hydrogen (secondary N) is 1. The van der Waals surface area contributed by atoms with E-state index in [1.54, 1.807) is 6.92 Å². The van der Waals surface area contributed by atoms with E-state index in [9.17, 15) is 18.3 Å². The molecular weight excluding hydrogens is 246 g/mol. The number of hydrogen-bond acceptors (Lipinski definition) is 5. The van der Waals surface area contributed by atoms with E-state index in [1.807, 2.05) is 0 Å². The minimum Gasteiger partial charge on any atom is -0.545 e. The Bertz CT molecular complexity index is 523. The lowest BCUT2D eigenvalue weighted by molar-refractivity contribution is -0.255. The third kappa shape index (κ3) is 3.26. The molecule has 0 aliphatic carbocycles. The first-order valence-electron chi connectivity index (χ1n) is 4.81. The number of aliphatic hydroxyl groups is 1. The average molecular weight is 258 g/mol. The highest BCUT2D eigenvalue weighted by molar-refractivity contribution is 7.89. The lowest BCUT2D eigenvalue weighted by Crippen LogP contribution is -2.28. The number of hydrogen-bond donors (Lipinski definition) is 2. The number of aliphatic hydroxyl groups excluding tert-OH is 1. The van der Waals surface area contributed by atoms with Crippen LogP contribution in [0, 0.1) is 6.92 Å². The molecule has 0 bridgehead atoms. The largest absolute Gasteiger partial charge is 0.545 e. The Hall–Kier alpha value is -1.44. The fraction of sp³-hybridized carbons (Fsp3) is 0.300. The van der Waals surface area contributed by atoms with Crippen molar-refractivity contribution in [2.24, 2.45) is 0 Å². The summed E-state index contributed by atoms with van der Waals surface area (Å²) in [5, 5.41) is 19.3. The van der Waals surface area contributed by atoms with Crippen LogP contribution in [0.2, 0.25) is 0 Å². The zero-order chi connectivity index (χ0) is 13.1. The fourth-order valence-electron chi connectivity index (χ4n) is 1.25. The molecule has 94 valence electrons. The molecule has 0 saturated heterocycles. The van der Waals surface area contributed by atoms with E-state index in [0.29, 0.717) is 5.56 Å². The van der Waals surface area contributed by atoms with E-state index in [0.717, 1.165) is 6.07 Å². The molecule has 0 unspecified atom stereocenters. The zero-order valence-corrected chi connectivity index (χ0v) is 9.95. The molecule has 0 aliphatic heterocycles. The van der Waals surface area contributed by atoms with Gasteiger partial charge in [-0.1, -0.05) is 6.07 Å². The van der Waals surface area contributed by atoms with Gasteiger partial charge in [0.25, 0.3) is 0 Å². The molecule has 1 aromatic carbocycles. The Morgan fingerprint density at radius 1 is 1.47 bits per heavy atom. The maximum Gasteiger partial charge on any atom is 0.240 e. The second-order valence-corrected chi connectivity index (χ2v) is 5.15. The van der Waals surface area contributed by atoms with Crippen molar-refractivity contribution < 1.29 is 23.4 Å². The maximum atomic E-state index is 11.6. The standard InChI is InChI=1S/C10H13NO5S/c1-7-2-3-8(6-9(7)10(13)14)17(15,16)11-4-5-12/h2-3,6,11-12H,4-5H2,1H3,(H,13,14)/p-1. The molecule has 0 heterocycles. The number of carbonyl (C=O) groups excluding carboxylic acids is 1. The van der Waals surface area contributed by atoms with Crippen molar-refractivity contribution in [3.8, 4) is 0 Å². The topological polar surface area (TPSA) is 107 Å². The van der Waals surface area contributed by atoms with Crippen molar-refractivity contribution in [3.05, 3.63) is 29.3 Å². The molecule has 0 fully saturated rings. The van der Waals surface area contributed by atoms with E-state index in [2.05, 4.69) is 4.72 Å². The molecule has 0 atom stereocenters. The number of aromatic carboxylic acids is 1. The number of sulfonamides is 1. The average Bonchev–Trinajstić information content (AvgIpc) is 2.26. The van der Waals surface area contributed by atoms with Crippen LogP contribution in [-0.4, -0.2) is 32.6 Å². The highest BCUT2D eigenvalue weighted by atomic mass is 32.2. The number of carboxylic acid groups (broad SMARTS) is 1. The highest BCUT2D eigenvalue weighted by Crippen LogP contribution is 2.14. The lowest BCUT2D eigenvalue weighted by Gasteiger charge is -2.10. The first-order valence-corrected chi connectivity index (χ1v) is 6.29. The zero-order valence-electron chi connectivity index (χ0n) is 9.13. The summed E-state index contributed by atoms with van der Waals surface area (Å²) in [5.74, 6) is -1.43. The van der Waals surface area contributed by atoms with Gasteiger partial charge in [0.15, 0.2) is 0 Å². The van der Waals surface area contributed by atoms with Crippen molar-refractivity contribution in [2.75, 3.05) is 13.2 Å². The summed E-state index contributed by atoms with van der Waals surface area (Å²) in [4.78, 5) is 10.6. The third-order valence-corrected chi connectivity index (χ3v) is 3.60. The Morgan fingerprint density at radius 3 is 2.65 bits per heavy atom. The molecule has 0 saturated carbocycles. The third-order valence-electron chi connectivity index (χ3n) is 2.14. The van der Waals surface area contributed by atoms with Crippen molar-refractivity contribution >= 4 is 16.0 Å². The van der Waals surface area contributed by atoms with Crippen LogP contribution in [0.3, 0.4) is 0 Å². The van der Waals surface area contributed by atoms with E-state index in [4.69, 9.17) is 5.11 Å². The van der Waals surface area contributed by atoms with Crippen LogP contribution in [0.4, 0.5) is 0 Å². The van der Waals surface area contributed by atoms with Crippen LogP contribution >= 0.6 is 0 Å². The van der Waals surface area contributed by atoms with Crippen LogP contribution < -0.4 is 9.83 Å². The Morgan fingerprint density at radius 2 is 2.12 bits per heavy atom. The summed E-state index contributed by atoms with van der Waals surface area (Å²) in [5.41, 5.74) is 0.253. The molecule has 0 aliphatic rings. The summed E-state index contributed by atoms with van der Waals surface area (Å²) < 4.78 is 25.4. The molecule has 0 aromatic heterocycles.